The predicted molar refractivity (Wildman–Crippen MR) is 96.7 cm³/mol. The number of hydrogen-bond donors (Lipinski definition) is 2. The van der Waals surface area contributed by atoms with Gasteiger partial charge in [-0.15, -0.1) is 0 Å². The molecule has 1 saturated carbocycles. The summed E-state index contributed by atoms with van der Waals surface area (Å²) in [7, 11) is 0. The summed E-state index contributed by atoms with van der Waals surface area (Å²) in [5.41, 5.74) is 1.42. The van der Waals surface area contributed by atoms with Crippen molar-refractivity contribution < 1.29 is 14.7 Å². The molecule has 1 aliphatic heterocycles. The highest BCUT2D eigenvalue weighted by atomic mass is 16.4. The molecule has 1 heterocycles. The third-order valence-electron chi connectivity index (χ3n) is 5.52. The first kappa shape index (κ1) is 17.9. The van der Waals surface area contributed by atoms with Crippen molar-refractivity contribution >= 4 is 11.9 Å². The number of benzene rings is 1. The number of nitrogens with one attached hydrogen (secondary N) is 1. The summed E-state index contributed by atoms with van der Waals surface area (Å²) in [5, 5.41) is 12.0. The van der Waals surface area contributed by atoms with Crippen LogP contribution in [0.25, 0.3) is 0 Å². The molecule has 136 valence electrons. The van der Waals surface area contributed by atoms with Gasteiger partial charge in [-0.2, -0.15) is 0 Å². The van der Waals surface area contributed by atoms with Crippen LogP contribution in [0, 0.1) is 0 Å². The van der Waals surface area contributed by atoms with E-state index in [1.165, 1.54) is 32.1 Å². The Morgan fingerprint density at radius 3 is 2.64 bits per heavy atom. The molecule has 0 spiro atoms. The molecule has 2 aliphatic rings. The van der Waals surface area contributed by atoms with Gasteiger partial charge in [-0.3, -0.25) is 14.5 Å². The molecule has 1 unspecified atom stereocenters. The average molecular weight is 344 g/mol. The molecule has 1 aliphatic carbocycles. The summed E-state index contributed by atoms with van der Waals surface area (Å²) < 4.78 is 0. The van der Waals surface area contributed by atoms with Crippen LogP contribution >= 0.6 is 0 Å². The van der Waals surface area contributed by atoms with Crippen LogP contribution in [0.2, 0.25) is 0 Å². The number of carboxylic acids is 1. The summed E-state index contributed by atoms with van der Waals surface area (Å²) in [6.07, 6.45) is 8.03. The summed E-state index contributed by atoms with van der Waals surface area (Å²) in [5.74, 6) is -0.911. The Kier molecular flexibility index (Phi) is 6.08. The molecule has 1 aromatic rings. The van der Waals surface area contributed by atoms with Crippen molar-refractivity contribution in [2.45, 2.75) is 63.5 Å². The third kappa shape index (κ3) is 4.82. The smallest absolute Gasteiger partial charge is 0.303 e. The van der Waals surface area contributed by atoms with E-state index in [1.54, 1.807) is 6.07 Å². The second kappa shape index (κ2) is 8.48. The van der Waals surface area contributed by atoms with Crippen molar-refractivity contribution in [2.24, 2.45) is 0 Å². The monoisotopic (exact) mass is 344 g/mol. The molecule has 2 fully saturated rings. The number of carbonyl (C=O) groups is 2. The van der Waals surface area contributed by atoms with E-state index in [0.29, 0.717) is 18.0 Å². The highest BCUT2D eigenvalue weighted by Gasteiger charge is 2.30. The van der Waals surface area contributed by atoms with Crippen LogP contribution in [-0.4, -0.2) is 47.1 Å². The second-order valence-corrected chi connectivity index (χ2v) is 7.30. The lowest BCUT2D eigenvalue weighted by molar-refractivity contribution is -0.136. The van der Waals surface area contributed by atoms with Gasteiger partial charge >= 0.3 is 5.97 Å². The van der Waals surface area contributed by atoms with Gasteiger partial charge in [0.05, 0.1) is 0 Å². The van der Waals surface area contributed by atoms with Crippen LogP contribution in [0.1, 0.15) is 60.9 Å². The number of likely N-dealkylation sites (tertiary alicyclic amines) is 1. The maximum Gasteiger partial charge on any atom is 0.303 e. The number of carbonyl (C=O) groups excluding carboxylic acids is 1. The fraction of sp³-hybridized carbons (Fsp3) is 0.600. The van der Waals surface area contributed by atoms with E-state index < -0.39 is 5.97 Å². The van der Waals surface area contributed by atoms with Crippen LogP contribution in [0.5, 0.6) is 0 Å². The van der Waals surface area contributed by atoms with Gasteiger partial charge in [0.15, 0.2) is 0 Å². The van der Waals surface area contributed by atoms with Gasteiger partial charge < -0.3 is 10.4 Å². The van der Waals surface area contributed by atoms with Crippen molar-refractivity contribution in [3.8, 4) is 0 Å². The van der Waals surface area contributed by atoms with Gasteiger partial charge in [-0.1, -0.05) is 37.5 Å². The minimum Gasteiger partial charge on any atom is -0.481 e. The molecule has 0 aromatic heterocycles. The molecule has 1 aromatic carbocycles. The fourth-order valence-electron chi connectivity index (χ4n) is 4.15. The zero-order valence-corrected chi connectivity index (χ0v) is 14.7. The van der Waals surface area contributed by atoms with E-state index in [-0.39, 0.29) is 18.4 Å². The van der Waals surface area contributed by atoms with Gasteiger partial charge in [0, 0.05) is 37.2 Å². The van der Waals surface area contributed by atoms with E-state index in [9.17, 15) is 9.59 Å². The standard InChI is InChI=1S/C20H28N2O3/c23-19(24)11-10-15-6-4-5-9-18(15)20(25)21-16-12-13-22(14-16)17-7-2-1-3-8-17/h4-6,9,16-17H,1-3,7-8,10-14H2,(H,21,25)(H,23,24). The first-order valence-electron chi connectivity index (χ1n) is 9.48. The van der Waals surface area contributed by atoms with Crippen molar-refractivity contribution in [1.29, 1.82) is 0 Å². The Morgan fingerprint density at radius 1 is 1.12 bits per heavy atom. The minimum atomic E-state index is -0.839. The zero-order valence-electron chi connectivity index (χ0n) is 14.7. The average Bonchev–Trinajstić information content (AvgIpc) is 3.09. The second-order valence-electron chi connectivity index (χ2n) is 7.30. The Morgan fingerprint density at radius 2 is 1.88 bits per heavy atom. The van der Waals surface area contributed by atoms with Crippen LogP contribution in [0.4, 0.5) is 0 Å². The zero-order chi connectivity index (χ0) is 17.6. The molecule has 25 heavy (non-hydrogen) atoms. The molecule has 3 rings (SSSR count). The van der Waals surface area contributed by atoms with Gasteiger partial charge in [0.2, 0.25) is 0 Å². The maximum atomic E-state index is 12.7. The number of amides is 1. The van der Waals surface area contributed by atoms with E-state index in [2.05, 4.69) is 10.2 Å². The topological polar surface area (TPSA) is 69.6 Å². The van der Waals surface area contributed by atoms with E-state index in [1.807, 2.05) is 18.2 Å². The summed E-state index contributed by atoms with van der Waals surface area (Å²) >= 11 is 0. The normalized spacial score (nSPS) is 22.0. The third-order valence-corrected chi connectivity index (χ3v) is 5.52. The van der Waals surface area contributed by atoms with Crippen LogP contribution < -0.4 is 5.32 Å². The SMILES string of the molecule is O=C(O)CCc1ccccc1C(=O)NC1CCN(C2CCCCC2)C1. The van der Waals surface area contributed by atoms with E-state index in [4.69, 9.17) is 5.11 Å². The molecule has 5 nitrogen and oxygen atoms in total. The molecule has 5 heteroatoms. The summed E-state index contributed by atoms with van der Waals surface area (Å²) in [6.45, 7) is 2.00. The lowest BCUT2D eigenvalue weighted by Gasteiger charge is -2.31. The van der Waals surface area contributed by atoms with Crippen LogP contribution in [0.15, 0.2) is 24.3 Å². The van der Waals surface area contributed by atoms with Crippen LogP contribution in [0.3, 0.4) is 0 Å². The molecule has 2 N–H and O–H groups in total. The molecule has 1 amide bonds. The lowest BCUT2D eigenvalue weighted by atomic mass is 9.94. The van der Waals surface area contributed by atoms with Crippen molar-refractivity contribution in [2.75, 3.05) is 13.1 Å². The Bertz CT molecular complexity index is 611. The Balaban J connectivity index is 1.56. The Hall–Kier alpha value is -1.88. The van der Waals surface area contributed by atoms with Gasteiger partial charge in [-0.05, 0) is 37.3 Å². The molecule has 0 bridgehead atoms. The minimum absolute atomic E-state index is 0.0448. The highest BCUT2D eigenvalue weighted by Crippen LogP contribution is 2.25. The Labute approximate surface area is 149 Å². The molecular weight excluding hydrogens is 316 g/mol. The largest absolute Gasteiger partial charge is 0.481 e. The van der Waals surface area contributed by atoms with Crippen molar-refractivity contribution in [1.82, 2.24) is 10.2 Å². The maximum absolute atomic E-state index is 12.7. The first-order valence-corrected chi connectivity index (χ1v) is 9.48. The number of hydrogen-bond acceptors (Lipinski definition) is 3. The number of rotatable bonds is 6. The van der Waals surface area contributed by atoms with Gasteiger partial charge in [0.1, 0.15) is 0 Å². The fourth-order valence-corrected chi connectivity index (χ4v) is 4.15. The van der Waals surface area contributed by atoms with Gasteiger partial charge in [-0.25, -0.2) is 0 Å². The van der Waals surface area contributed by atoms with Crippen molar-refractivity contribution in [3.05, 3.63) is 35.4 Å². The quantitative estimate of drug-likeness (QED) is 0.832. The molecule has 0 radical (unpaired) electrons. The molecule has 1 saturated heterocycles. The first-order chi connectivity index (χ1) is 12.1. The van der Waals surface area contributed by atoms with E-state index in [0.717, 1.165) is 25.1 Å². The number of aryl methyl sites for hydroxylation is 1. The number of carboxylic acid groups (broad SMARTS) is 1. The summed E-state index contributed by atoms with van der Waals surface area (Å²) in [4.78, 5) is 26.0. The van der Waals surface area contributed by atoms with Crippen molar-refractivity contribution in [3.63, 3.8) is 0 Å². The number of nitrogens with zero attached hydrogens (tertiary/aromatic N) is 1. The molecule has 1 atom stereocenters. The molecular formula is C20H28N2O3. The van der Waals surface area contributed by atoms with E-state index >= 15 is 0 Å². The highest BCUT2D eigenvalue weighted by molar-refractivity contribution is 5.96. The van der Waals surface area contributed by atoms with Crippen LogP contribution in [-0.2, 0) is 11.2 Å². The lowest BCUT2D eigenvalue weighted by Crippen LogP contribution is -2.40. The number of aliphatic carboxylic acids is 1. The predicted octanol–water partition coefficient (Wildman–Crippen LogP) is 2.84. The summed E-state index contributed by atoms with van der Waals surface area (Å²) in [6, 6.07) is 8.22. The van der Waals surface area contributed by atoms with Gasteiger partial charge in [0.25, 0.3) is 5.91 Å².